The molecule has 4 nitrogen and oxygen atoms in total. The van der Waals surface area contributed by atoms with Crippen molar-refractivity contribution in [3.8, 4) is 0 Å². The lowest BCUT2D eigenvalue weighted by atomic mass is 9.94. The summed E-state index contributed by atoms with van der Waals surface area (Å²) >= 11 is 3.43. The predicted molar refractivity (Wildman–Crippen MR) is 95.0 cm³/mol. The summed E-state index contributed by atoms with van der Waals surface area (Å²) in [6.45, 7) is 7.29. The smallest absolute Gasteiger partial charge is 0.226 e. The minimum atomic E-state index is -0.204. The molecule has 0 spiro atoms. The van der Waals surface area contributed by atoms with Crippen molar-refractivity contribution in [2.75, 3.05) is 13.1 Å². The predicted octanol–water partition coefficient (Wildman–Crippen LogP) is 3.14. The Balaban J connectivity index is 1.84. The molecule has 0 aromatic heterocycles. The van der Waals surface area contributed by atoms with Crippen molar-refractivity contribution in [2.45, 2.75) is 45.6 Å². The van der Waals surface area contributed by atoms with Crippen LogP contribution in [0.4, 0.5) is 0 Å². The SMILES string of the molecule is CC(C)(C)NC(=O)C1CCN(C(=O)Cc2cccc(Br)c2)CC1. The summed E-state index contributed by atoms with van der Waals surface area (Å²) < 4.78 is 0.986. The Bertz CT molecular complexity index is 573. The molecule has 0 radical (unpaired) electrons. The second-order valence-corrected chi connectivity index (χ2v) is 8.12. The molecule has 2 amide bonds. The van der Waals surface area contributed by atoms with Gasteiger partial charge in [-0.1, -0.05) is 28.1 Å². The first kappa shape index (κ1) is 18.0. The van der Waals surface area contributed by atoms with Gasteiger partial charge < -0.3 is 10.2 Å². The van der Waals surface area contributed by atoms with E-state index in [1.165, 1.54) is 0 Å². The number of halogens is 1. The average molecular weight is 381 g/mol. The van der Waals surface area contributed by atoms with Crippen LogP contribution in [-0.2, 0) is 16.0 Å². The van der Waals surface area contributed by atoms with Gasteiger partial charge in [0, 0.05) is 29.0 Å². The van der Waals surface area contributed by atoms with Gasteiger partial charge in [-0.2, -0.15) is 0 Å². The molecule has 0 bridgehead atoms. The van der Waals surface area contributed by atoms with Crippen LogP contribution in [-0.4, -0.2) is 35.3 Å². The molecule has 1 saturated heterocycles. The number of nitrogens with zero attached hydrogens (tertiary/aromatic N) is 1. The fraction of sp³-hybridized carbons (Fsp3) is 0.556. The first-order valence-electron chi connectivity index (χ1n) is 8.09. The third-order valence-corrected chi connectivity index (χ3v) is 4.45. The highest BCUT2D eigenvalue weighted by atomic mass is 79.9. The molecule has 1 heterocycles. The number of carbonyl (C=O) groups is 2. The molecular formula is C18H25BrN2O2. The first-order chi connectivity index (χ1) is 10.7. The van der Waals surface area contributed by atoms with Gasteiger partial charge in [0.2, 0.25) is 11.8 Å². The zero-order valence-corrected chi connectivity index (χ0v) is 15.6. The van der Waals surface area contributed by atoms with E-state index in [4.69, 9.17) is 0 Å². The van der Waals surface area contributed by atoms with Gasteiger partial charge in [0.15, 0.2) is 0 Å². The van der Waals surface area contributed by atoms with E-state index < -0.39 is 0 Å². The Hall–Kier alpha value is -1.36. The molecule has 0 aliphatic carbocycles. The van der Waals surface area contributed by atoms with Gasteiger partial charge in [0.1, 0.15) is 0 Å². The van der Waals surface area contributed by atoms with Crippen molar-refractivity contribution in [3.63, 3.8) is 0 Å². The summed E-state index contributed by atoms with van der Waals surface area (Å²) in [4.78, 5) is 26.5. The fourth-order valence-electron chi connectivity index (χ4n) is 2.80. The van der Waals surface area contributed by atoms with E-state index in [2.05, 4.69) is 21.2 Å². The van der Waals surface area contributed by atoms with Crippen LogP contribution < -0.4 is 5.32 Å². The molecule has 1 aliphatic heterocycles. The van der Waals surface area contributed by atoms with Gasteiger partial charge in [0.25, 0.3) is 0 Å². The van der Waals surface area contributed by atoms with E-state index in [1.54, 1.807) is 0 Å². The number of likely N-dealkylation sites (tertiary alicyclic amines) is 1. The summed E-state index contributed by atoms with van der Waals surface area (Å²) in [6.07, 6.45) is 1.90. The van der Waals surface area contributed by atoms with Crippen molar-refractivity contribution >= 4 is 27.7 Å². The van der Waals surface area contributed by atoms with Gasteiger partial charge in [-0.15, -0.1) is 0 Å². The second kappa shape index (κ2) is 7.47. The Kier molecular flexibility index (Phi) is 5.84. The van der Waals surface area contributed by atoms with E-state index in [0.717, 1.165) is 22.9 Å². The third-order valence-electron chi connectivity index (χ3n) is 3.96. The van der Waals surface area contributed by atoms with Gasteiger partial charge >= 0.3 is 0 Å². The minimum absolute atomic E-state index is 0.0177. The minimum Gasteiger partial charge on any atom is -0.351 e. The summed E-state index contributed by atoms with van der Waals surface area (Å²) in [5.74, 6) is 0.263. The van der Waals surface area contributed by atoms with Crippen LogP contribution in [0.2, 0.25) is 0 Å². The molecular weight excluding hydrogens is 356 g/mol. The van der Waals surface area contributed by atoms with Crippen molar-refractivity contribution in [3.05, 3.63) is 34.3 Å². The molecule has 1 aromatic carbocycles. The van der Waals surface area contributed by atoms with Gasteiger partial charge in [-0.3, -0.25) is 9.59 Å². The van der Waals surface area contributed by atoms with E-state index in [1.807, 2.05) is 49.9 Å². The van der Waals surface area contributed by atoms with Crippen LogP contribution >= 0.6 is 15.9 Å². The number of hydrogen-bond donors (Lipinski definition) is 1. The molecule has 126 valence electrons. The summed E-state index contributed by atoms with van der Waals surface area (Å²) in [7, 11) is 0. The van der Waals surface area contributed by atoms with Crippen LogP contribution in [0.15, 0.2) is 28.7 Å². The maximum atomic E-state index is 12.4. The van der Waals surface area contributed by atoms with Gasteiger partial charge in [0.05, 0.1) is 6.42 Å². The Morgan fingerprint density at radius 3 is 2.48 bits per heavy atom. The lowest BCUT2D eigenvalue weighted by Gasteiger charge is -2.33. The monoisotopic (exact) mass is 380 g/mol. The molecule has 1 fully saturated rings. The molecule has 0 atom stereocenters. The fourth-order valence-corrected chi connectivity index (χ4v) is 3.24. The molecule has 0 unspecified atom stereocenters. The zero-order chi connectivity index (χ0) is 17.0. The Morgan fingerprint density at radius 1 is 1.26 bits per heavy atom. The number of carbonyl (C=O) groups excluding carboxylic acids is 2. The highest BCUT2D eigenvalue weighted by Gasteiger charge is 2.28. The van der Waals surface area contributed by atoms with Crippen molar-refractivity contribution in [2.24, 2.45) is 5.92 Å². The van der Waals surface area contributed by atoms with Gasteiger partial charge in [-0.25, -0.2) is 0 Å². The number of benzene rings is 1. The summed E-state index contributed by atoms with van der Waals surface area (Å²) in [6, 6.07) is 7.83. The van der Waals surface area contributed by atoms with E-state index in [9.17, 15) is 9.59 Å². The third kappa shape index (κ3) is 5.65. The molecule has 0 saturated carbocycles. The standard InChI is InChI=1S/C18H25BrN2O2/c1-18(2,3)20-17(23)14-7-9-21(10-8-14)16(22)12-13-5-4-6-15(19)11-13/h4-6,11,14H,7-10,12H2,1-3H3,(H,20,23). The van der Waals surface area contributed by atoms with Crippen LogP contribution in [0, 0.1) is 5.92 Å². The summed E-state index contributed by atoms with van der Waals surface area (Å²) in [5, 5.41) is 3.03. The molecule has 1 aromatic rings. The number of rotatable bonds is 3. The largest absolute Gasteiger partial charge is 0.351 e. The highest BCUT2D eigenvalue weighted by molar-refractivity contribution is 9.10. The van der Waals surface area contributed by atoms with Gasteiger partial charge in [-0.05, 0) is 51.3 Å². The molecule has 1 aliphatic rings. The Labute approximate surface area is 146 Å². The van der Waals surface area contributed by atoms with Crippen LogP contribution in [0.3, 0.4) is 0 Å². The molecule has 5 heteroatoms. The normalized spacial score (nSPS) is 16.3. The van der Waals surface area contributed by atoms with E-state index in [-0.39, 0.29) is 23.3 Å². The summed E-state index contributed by atoms with van der Waals surface area (Å²) in [5.41, 5.74) is 0.807. The zero-order valence-electron chi connectivity index (χ0n) is 14.1. The number of piperidine rings is 1. The van der Waals surface area contributed by atoms with E-state index >= 15 is 0 Å². The molecule has 2 rings (SSSR count). The number of nitrogens with one attached hydrogen (secondary N) is 1. The van der Waals surface area contributed by atoms with E-state index in [0.29, 0.717) is 19.5 Å². The topological polar surface area (TPSA) is 49.4 Å². The second-order valence-electron chi connectivity index (χ2n) is 7.20. The Morgan fingerprint density at radius 2 is 1.91 bits per heavy atom. The molecule has 1 N–H and O–H groups in total. The average Bonchev–Trinajstić information content (AvgIpc) is 2.45. The van der Waals surface area contributed by atoms with Crippen LogP contribution in [0.25, 0.3) is 0 Å². The maximum Gasteiger partial charge on any atom is 0.226 e. The highest BCUT2D eigenvalue weighted by Crippen LogP contribution is 2.20. The lowest BCUT2D eigenvalue weighted by molar-refractivity contribution is -0.135. The lowest BCUT2D eigenvalue weighted by Crippen LogP contribution is -2.48. The number of hydrogen-bond acceptors (Lipinski definition) is 2. The van der Waals surface area contributed by atoms with Crippen LogP contribution in [0.1, 0.15) is 39.2 Å². The maximum absolute atomic E-state index is 12.4. The quantitative estimate of drug-likeness (QED) is 0.875. The van der Waals surface area contributed by atoms with Crippen molar-refractivity contribution < 1.29 is 9.59 Å². The number of amides is 2. The van der Waals surface area contributed by atoms with Crippen LogP contribution in [0.5, 0.6) is 0 Å². The molecule has 23 heavy (non-hydrogen) atoms. The first-order valence-corrected chi connectivity index (χ1v) is 8.88. The van der Waals surface area contributed by atoms with Crippen molar-refractivity contribution in [1.29, 1.82) is 0 Å². The van der Waals surface area contributed by atoms with Crippen molar-refractivity contribution in [1.82, 2.24) is 10.2 Å².